The summed E-state index contributed by atoms with van der Waals surface area (Å²) in [6.07, 6.45) is 2.80. The normalized spacial score (nSPS) is 10.8. The molecule has 1 aromatic heterocycles. The van der Waals surface area contributed by atoms with E-state index in [9.17, 15) is 0 Å². The van der Waals surface area contributed by atoms with Gasteiger partial charge in [-0.05, 0) is 31.2 Å². The first kappa shape index (κ1) is 13.3. The van der Waals surface area contributed by atoms with E-state index < -0.39 is 0 Å². The SMILES string of the molecule is CCCNCc1cnnn1-c1cc(Cl)ccc1Cl. The van der Waals surface area contributed by atoms with Gasteiger partial charge in [-0.3, -0.25) is 0 Å². The van der Waals surface area contributed by atoms with Crippen LogP contribution in [-0.4, -0.2) is 21.5 Å². The van der Waals surface area contributed by atoms with Gasteiger partial charge in [-0.25, -0.2) is 4.68 Å². The van der Waals surface area contributed by atoms with Crippen LogP contribution < -0.4 is 5.32 Å². The van der Waals surface area contributed by atoms with Crippen molar-refractivity contribution in [2.75, 3.05) is 6.54 Å². The Kier molecular flexibility index (Phi) is 4.58. The Hall–Kier alpha value is -1.10. The van der Waals surface area contributed by atoms with Gasteiger partial charge < -0.3 is 5.32 Å². The van der Waals surface area contributed by atoms with E-state index in [1.807, 2.05) is 0 Å². The Morgan fingerprint density at radius 3 is 2.94 bits per heavy atom. The largest absolute Gasteiger partial charge is 0.311 e. The average molecular weight is 285 g/mol. The second kappa shape index (κ2) is 6.18. The lowest BCUT2D eigenvalue weighted by molar-refractivity contribution is 0.641. The molecule has 0 unspecified atom stereocenters. The predicted molar refractivity (Wildman–Crippen MR) is 73.4 cm³/mol. The third-order valence-corrected chi connectivity index (χ3v) is 3.04. The number of nitrogens with zero attached hydrogens (tertiary/aromatic N) is 3. The zero-order valence-corrected chi connectivity index (χ0v) is 11.5. The number of rotatable bonds is 5. The lowest BCUT2D eigenvalue weighted by atomic mass is 10.3. The molecule has 0 amide bonds. The van der Waals surface area contributed by atoms with Gasteiger partial charge in [0, 0.05) is 11.6 Å². The van der Waals surface area contributed by atoms with Gasteiger partial charge in [0.25, 0.3) is 0 Å². The molecule has 0 saturated carbocycles. The number of halogens is 2. The highest BCUT2D eigenvalue weighted by atomic mass is 35.5. The maximum atomic E-state index is 6.15. The summed E-state index contributed by atoms with van der Waals surface area (Å²) >= 11 is 12.1. The molecule has 0 aliphatic carbocycles. The van der Waals surface area contributed by atoms with Crippen molar-refractivity contribution < 1.29 is 0 Å². The molecule has 0 aliphatic rings. The Morgan fingerprint density at radius 1 is 1.33 bits per heavy atom. The van der Waals surface area contributed by atoms with E-state index in [1.54, 1.807) is 29.1 Å². The van der Waals surface area contributed by atoms with Crippen LogP contribution in [0.5, 0.6) is 0 Å². The summed E-state index contributed by atoms with van der Waals surface area (Å²) in [6, 6.07) is 5.28. The maximum Gasteiger partial charge on any atom is 0.0868 e. The zero-order valence-electron chi connectivity index (χ0n) is 10.0. The summed E-state index contributed by atoms with van der Waals surface area (Å²) in [6.45, 7) is 3.77. The van der Waals surface area contributed by atoms with E-state index in [-0.39, 0.29) is 0 Å². The number of nitrogens with one attached hydrogen (secondary N) is 1. The average Bonchev–Trinajstić information content (AvgIpc) is 2.81. The molecule has 0 bridgehead atoms. The van der Waals surface area contributed by atoms with Gasteiger partial charge in [0.2, 0.25) is 0 Å². The summed E-state index contributed by atoms with van der Waals surface area (Å²) in [5, 5.41) is 12.5. The molecular formula is C12H14Cl2N4. The van der Waals surface area contributed by atoms with Crippen molar-refractivity contribution in [3.8, 4) is 5.69 Å². The maximum absolute atomic E-state index is 6.15. The third kappa shape index (κ3) is 3.02. The predicted octanol–water partition coefficient (Wildman–Crippen LogP) is 3.07. The van der Waals surface area contributed by atoms with E-state index in [0.29, 0.717) is 16.6 Å². The van der Waals surface area contributed by atoms with E-state index in [2.05, 4.69) is 22.6 Å². The summed E-state index contributed by atoms with van der Waals surface area (Å²) in [7, 11) is 0. The molecule has 1 aromatic carbocycles. The van der Waals surface area contributed by atoms with Crippen LogP contribution in [0.15, 0.2) is 24.4 Å². The molecule has 0 atom stereocenters. The molecule has 18 heavy (non-hydrogen) atoms. The molecule has 0 aliphatic heterocycles. The number of hydrogen-bond donors (Lipinski definition) is 1. The Morgan fingerprint density at radius 2 is 2.17 bits per heavy atom. The van der Waals surface area contributed by atoms with E-state index >= 15 is 0 Å². The van der Waals surface area contributed by atoms with Crippen LogP contribution >= 0.6 is 23.2 Å². The number of benzene rings is 1. The molecule has 4 nitrogen and oxygen atoms in total. The molecule has 0 radical (unpaired) electrons. The van der Waals surface area contributed by atoms with E-state index in [4.69, 9.17) is 23.2 Å². The molecular weight excluding hydrogens is 271 g/mol. The summed E-state index contributed by atoms with van der Waals surface area (Å²) in [5.74, 6) is 0. The quantitative estimate of drug-likeness (QED) is 0.858. The minimum absolute atomic E-state index is 0.599. The van der Waals surface area contributed by atoms with Crippen LogP contribution in [0.25, 0.3) is 5.69 Å². The molecule has 0 saturated heterocycles. The first-order valence-electron chi connectivity index (χ1n) is 5.78. The summed E-state index contributed by atoms with van der Waals surface area (Å²) in [5.41, 5.74) is 1.70. The first-order chi connectivity index (χ1) is 8.72. The highest BCUT2D eigenvalue weighted by Gasteiger charge is 2.09. The molecule has 2 rings (SSSR count). The molecule has 0 fully saturated rings. The van der Waals surface area contributed by atoms with Gasteiger partial charge in [0.15, 0.2) is 0 Å². The summed E-state index contributed by atoms with van der Waals surface area (Å²) in [4.78, 5) is 0. The van der Waals surface area contributed by atoms with Crippen molar-refractivity contribution in [1.29, 1.82) is 0 Å². The Bertz CT molecular complexity index is 525. The van der Waals surface area contributed by atoms with Crippen LogP contribution in [0, 0.1) is 0 Å². The standard InChI is InChI=1S/C12H14Cl2N4/c1-2-5-15-7-10-8-16-17-18(10)12-6-9(13)3-4-11(12)14/h3-4,6,8,15H,2,5,7H2,1H3. The minimum atomic E-state index is 0.599. The van der Waals surface area contributed by atoms with Crippen LogP contribution in [0.3, 0.4) is 0 Å². The highest BCUT2D eigenvalue weighted by molar-refractivity contribution is 6.34. The molecule has 6 heteroatoms. The van der Waals surface area contributed by atoms with Gasteiger partial charge in [0.05, 0.1) is 22.6 Å². The highest BCUT2D eigenvalue weighted by Crippen LogP contribution is 2.24. The zero-order chi connectivity index (χ0) is 13.0. The lowest BCUT2D eigenvalue weighted by Crippen LogP contribution is -2.16. The van der Waals surface area contributed by atoms with Crippen LogP contribution in [0.1, 0.15) is 19.0 Å². The molecule has 1 N–H and O–H groups in total. The number of aromatic nitrogens is 3. The van der Waals surface area contributed by atoms with Crippen molar-refractivity contribution in [2.24, 2.45) is 0 Å². The van der Waals surface area contributed by atoms with Crippen molar-refractivity contribution in [2.45, 2.75) is 19.9 Å². The third-order valence-electron chi connectivity index (χ3n) is 2.49. The minimum Gasteiger partial charge on any atom is -0.311 e. The van der Waals surface area contributed by atoms with Crippen molar-refractivity contribution >= 4 is 23.2 Å². The molecule has 0 spiro atoms. The number of hydrogen-bond acceptors (Lipinski definition) is 3. The van der Waals surface area contributed by atoms with Crippen molar-refractivity contribution in [1.82, 2.24) is 20.3 Å². The fourth-order valence-electron chi connectivity index (χ4n) is 1.62. The van der Waals surface area contributed by atoms with Crippen molar-refractivity contribution in [3.63, 3.8) is 0 Å². The monoisotopic (exact) mass is 284 g/mol. The van der Waals surface area contributed by atoms with Crippen LogP contribution in [0.2, 0.25) is 10.0 Å². The van der Waals surface area contributed by atoms with Gasteiger partial charge in [-0.2, -0.15) is 0 Å². The fourth-order valence-corrected chi connectivity index (χ4v) is 1.98. The second-order valence-corrected chi connectivity index (χ2v) is 4.75. The van der Waals surface area contributed by atoms with Crippen LogP contribution in [0.4, 0.5) is 0 Å². The topological polar surface area (TPSA) is 42.7 Å². The van der Waals surface area contributed by atoms with E-state index in [1.165, 1.54) is 0 Å². The smallest absolute Gasteiger partial charge is 0.0868 e. The van der Waals surface area contributed by atoms with E-state index in [0.717, 1.165) is 24.3 Å². The van der Waals surface area contributed by atoms with Crippen LogP contribution in [-0.2, 0) is 6.54 Å². The van der Waals surface area contributed by atoms with Gasteiger partial charge in [0.1, 0.15) is 0 Å². The fraction of sp³-hybridized carbons (Fsp3) is 0.333. The molecule has 2 aromatic rings. The lowest BCUT2D eigenvalue weighted by Gasteiger charge is -2.09. The summed E-state index contributed by atoms with van der Waals surface area (Å²) < 4.78 is 1.71. The molecule has 1 heterocycles. The first-order valence-corrected chi connectivity index (χ1v) is 6.53. The second-order valence-electron chi connectivity index (χ2n) is 3.91. The van der Waals surface area contributed by atoms with Gasteiger partial charge in [-0.1, -0.05) is 35.3 Å². The van der Waals surface area contributed by atoms with Gasteiger partial charge >= 0.3 is 0 Å². The van der Waals surface area contributed by atoms with Gasteiger partial charge in [-0.15, -0.1) is 5.10 Å². The molecule has 96 valence electrons. The van der Waals surface area contributed by atoms with Crippen molar-refractivity contribution in [3.05, 3.63) is 40.1 Å². The Labute approximate surface area is 116 Å². The Balaban J connectivity index is 2.27.